The Morgan fingerprint density at radius 2 is 2.08 bits per heavy atom. The lowest BCUT2D eigenvalue weighted by Crippen LogP contribution is -2.35. The van der Waals surface area contributed by atoms with Crippen LogP contribution in [0.25, 0.3) is 0 Å². The van der Waals surface area contributed by atoms with Crippen LogP contribution in [0.4, 0.5) is 0 Å². The van der Waals surface area contributed by atoms with Crippen molar-refractivity contribution in [3.05, 3.63) is 0 Å². The van der Waals surface area contributed by atoms with Crippen LogP contribution in [-0.2, 0) is 14.3 Å². The fraction of sp³-hybridized carbons (Fsp3) is 0.667. The molecule has 0 bridgehead atoms. The highest BCUT2D eigenvalue weighted by atomic mass is 16.6. The summed E-state index contributed by atoms with van der Waals surface area (Å²) < 4.78 is 4.30. The molecule has 0 heterocycles. The molecule has 0 fully saturated rings. The van der Waals surface area contributed by atoms with E-state index in [2.05, 4.69) is 4.74 Å². The molecule has 0 aromatic carbocycles. The highest BCUT2D eigenvalue weighted by Crippen LogP contribution is 1.96. The molecule has 1 unspecified atom stereocenters. The van der Waals surface area contributed by atoms with Gasteiger partial charge in [0.1, 0.15) is 0 Å². The van der Waals surface area contributed by atoms with Crippen LogP contribution in [0.2, 0.25) is 0 Å². The van der Waals surface area contributed by atoms with Crippen molar-refractivity contribution in [2.24, 2.45) is 0 Å². The Hall–Kier alpha value is -1.14. The zero-order valence-corrected chi connectivity index (χ0v) is 6.85. The number of carbonyl (C=O) groups excluding carboxylic acids is 1. The number of carboxylic acid groups (broad SMARTS) is 1. The van der Waals surface area contributed by atoms with Crippen molar-refractivity contribution < 1.29 is 24.6 Å². The second kappa shape index (κ2) is 4.68. The summed E-state index contributed by atoms with van der Waals surface area (Å²) >= 11 is 0. The predicted octanol–water partition coefficient (Wildman–Crippen LogP) is -0.329. The van der Waals surface area contributed by atoms with E-state index in [1.165, 1.54) is 6.92 Å². The molecule has 0 rings (SSSR count). The fourth-order valence-corrected chi connectivity index (χ4v) is 0.523. The smallest absolute Gasteiger partial charge is 0.418 e. The van der Waals surface area contributed by atoms with E-state index in [9.17, 15) is 9.59 Å². The van der Waals surface area contributed by atoms with Gasteiger partial charge in [-0.05, 0) is 13.8 Å². The summed E-state index contributed by atoms with van der Waals surface area (Å²) in [5, 5.41) is 17.7. The van der Waals surface area contributed by atoms with Crippen LogP contribution in [0.15, 0.2) is 0 Å². The monoisotopic (exact) mass is 177 g/mol. The number of nitrogens with zero attached hydrogens (tertiary/aromatic N) is 1. The average molecular weight is 177 g/mol. The molecule has 0 aliphatic carbocycles. The summed E-state index contributed by atoms with van der Waals surface area (Å²) in [6, 6.07) is 0. The van der Waals surface area contributed by atoms with Gasteiger partial charge in [-0.1, -0.05) is 0 Å². The van der Waals surface area contributed by atoms with Gasteiger partial charge in [0.2, 0.25) is 0 Å². The minimum atomic E-state index is -1.67. The van der Waals surface area contributed by atoms with E-state index in [4.69, 9.17) is 10.3 Å². The Balaban J connectivity index is 3.92. The molecule has 1 atom stereocenters. The Kier molecular flexibility index (Phi) is 4.24. The third-order valence-corrected chi connectivity index (χ3v) is 1.20. The Morgan fingerprint density at radius 3 is 2.42 bits per heavy atom. The van der Waals surface area contributed by atoms with E-state index >= 15 is 0 Å². The van der Waals surface area contributed by atoms with E-state index in [-0.39, 0.29) is 6.54 Å². The first kappa shape index (κ1) is 10.9. The summed E-state index contributed by atoms with van der Waals surface area (Å²) in [7, 11) is 0. The van der Waals surface area contributed by atoms with Crippen LogP contribution in [0.1, 0.15) is 13.8 Å². The lowest BCUT2D eigenvalue weighted by Gasteiger charge is -2.19. The summed E-state index contributed by atoms with van der Waals surface area (Å²) in [5.41, 5.74) is 0. The number of carboxylic acids is 1. The Bertz CT molecular complexity index is 181. The third-order valence-electron chi connectivity index (χ3n) is 1.20. The molecule has 0 radical (unpaired) electrons. The van der Waals surface area contributed by atoms with Crippen LogP contribution in [0.3, 0.4) is 0 Å². The van der Waals surface area contributed by atoms with Crippen molar-refractivity contribution in [3.63, 3.8) is 0 Å². The molecule has 0 saturated heterocycles. The van der Waals surface area contributed by atoms with Crippen molar-refractivity contribution in [1.82, 2.24) is 5.06 Å². The summed E-state index contributed by atoms with van der Waals surface area (Å²) in [4.78, 5) is 20.4. The predicted molar refractivity (Wildman–Crippen MR) is 37.4 cm³/mol. The molecule has 12 heavy (non-hydrogen) atoms. The molecule has 0 aromatic heterocycles. The maximum Gasteiger partial charge on any atom is 0.418 e. The number of hydroxylamine groups is 2. The van der Waals surface area contributed by atoms with Gasteiger partial charge in [-0.25, -0.2) is 9.59 Å². The van der Waals surface area contributed by atoms with E-state index in [0.717, 1.165) is 0 Å². The van der Waals surface area contributed by atoms with Crippen LogP contribution in [0, 0.1) is 0 Å². The van der Waals surface area contributed by atoms with Gasteiger partial charge in [-0.2, -0.15) is 5.06 Å². The topological polar surface area (TPSA) is 87.1 Å². The molecule has 70 valence electrons. The van der Waals surface area contributed by atoms with E-state index in [0.29, 0.717) is 5.06 Å². The zero-order chi connectivity index (χ0) is 9.72. The Labute approximate surface area is 69.3 Å². The average Bonchev–Trinajstić information content (AvgIpc) is 2.02. The highest BCUT2D eigenvalue weighted by molar-refractivity contribution is 6.28. The van der Waals surface area contributed by atoms with Gasteiger partial charge >= 0.3 is 11.9 Å². The molecule has 2 N–H and O–H groups in total. The second-order valence-corrected chi connectivity index (χ2v) is 2.07. The van der Waals surface area contributed by atoms with Crippen molar-refractivity contribution in [1.29, 1.82) is 0 Å². The molecule has 0 aromatic rings. The molecular formula is C6H11NO5. The summed E-state index contributed by atoms with van der Waals surface area (Å²) in [6.07, 6.45) is -0.946. The molecule has 6 nitrogen and oxygen atoms in total. The van der Waals surface area contributed by atoms with Crippen molar-refractivity contribution in [2.75, 3.05) is 6.54 Å². The minimum absolute atomic E-state index is 0.244. The summed E-state index contributed by atoms with van der Waals surface area (Å²) in [6.45, 7) is 3.24. The van der Waals surface area contributed by atoms with E-state index in [1.807, 2.05) is 0 Å². The number of esters is 1. The molecule has 6 heteroatoms. The molecule has 0 spiro atoms. The normalized spacial score (nSPS) is 12.7. The van der Waals surface area contributed by atoms with Crippen LogP contribution >= 0.6 is 0 Å². The molecule has 0 aliphatic heterocycles. The summed E-state index contributed by atoms with van der Waals surface area (Å²) in [5.74, 6) is -3.05. The number of ether oxygens (including phenoxy) is 1. The molecular weight excluding hydrogens is 166 g/mol. The first-order valence-corrected chi connectivity index (χ1v) is 3.38. The second-order valence-electron chi connectivity index (χ2n) is 2.07. The maximum atomic E-state index is 10.4. The number of carbonyl (C=O) groups is 2. The van der Waals surface area contributed by atoms with Gasteiger partial charge in [-0.15, -0.1) is 0 Å². The van der Waals surface area contributed by atoms with Gasteiger partial charge in [0.25, 0.3) is 0 Å². The number of hydrogen-bond donors (Lipinski definition) is 2. The Morgan fingerprint density at radius 1 is 1.58 bits per heavy atom. The third kappa shape index (κ3) is 3.31. The van der Waals surface area contributed by atoms with Gasteiger partial charge in [0, 0.05) is 6.54 Å². The molecule has 0 aliphatic rings. The number of aliphatic carboxylic acids is 1. The SMILES string of the molecule is CCN(O)C(C)OC(=O)C(=O)O. The van der Waals surface area contributed by atoms with Crippen molar-refractivity contribution >= 4 is 11.9 Å². The first-order chi connectivity index (χ1) is 5.49. The molecule has 0 saturated carbocycles. The number of rotatable bonds is 3. The van der Waals surface area contributed by atoms with Gasteiger partial charge in [-0.3, -0.25) is 0 Å². The first-order valence-electron chi connectivity index (χ1n) is 3.38. The van der Waals surface area contributed by atoms with E-state index < -0.39 is 18.2 Å². The van der Waals surface area contributed by atoms with Crippen LogP contribution < -0.4 is 0 Å². The van der Waals surface area contributed by atoms with Gasteiger partial charge < -0.3 is 15.1 Å². The van der Waals surface area contributed by atoms with Crippen LogP contribution in [-0.4, -0.2) is 40.1 Å². The van der Waals surface area contributed by atoms with Crippen molar-refractivity contribution in [2.45, 2.75) is 20.1 Å². The largest absolute Gasteiger partial charge is 0.473 e. The zero-order valence-electron chi connectivity index (χ0n) is 6.85. The molecule has 0 amide bonds. The lowest BCUT2D eigenvalue weighted by atomic mass is 10.5. The quantitative estimate of drug-likeness (QED) is 0.265. The fourth-order valence-electron chi connectivity index (χ4n) is 0.523. The van der Waals surface area contributed by atoms with Crippen LogP contribution in [0.5, 0.6) is 0 Å². The highest BCUT2D eigenvalue weighted by Gasteiger charge is 2.19. The van der Waals surface area contributed by atoms with E-state index in [1.54, 1.807) is 6.92 Å². The number of hydrogen-bond acceptors (Lipinski definition) is 5. The lowest BCUT2D eigenvalue weighted by molar-refractivity contribution is -0.212. The van der Waals surface area contributed by atoms with Crippen molar-refractivity contribution in [3.8, 4) is 0 Å². The minimum Gasteiger partial charge on any atom is -0.473 e. The van der Waals surface area contributed by atoms with Gasteiger partial charge in [0.05, 0.1) is 0 Å². The standard InChI is InChI=1S/C6H11NO5/c1-3-7(11)4(2)12-6(10)5(8)9/h4,11H,3H2,1-2H3,(H,8,9). The maximum absolute atomic E-state index is 10.4. The van der Waals surface area contributed by atoms with Gasteiger partial charge in [0.15, 0.2) is 6.23 Å².